The van der Waals surface area contributed by atoms with Gasteiger partial charge in [0.2, 0.25) is 0 Å². The highest BCUT2D eigenvalue weighted by molar-refractivity contribution is 8.41. The van der Waals surface area contributed by atoms with Gasteiger partial charge in [-0.25, -0.2) is 0 Å². The van der Waals surface area contributed by atoms with Crippen molar-refractivity contribution in [3.8, 4) is 0 Å². The molecule has 6 heteroatoms. The Hall–Kier alpha value is 0.0600. The monoisotopic (exact) mass is 195 g/mol. The molecule has 58 valence electrons. The van der Waals surface area contributed by atoms with Crippen LogP contribution in [0.1, 0.15) is 0 Å². The van der Waals surface area contributed by atoms with Crippen LogP contribution >= 0.6 is 36.6 Å². The highest BCUT2D eigenvalue weighted by Gasteiger charge is 1.88. The van der Waals surface area contributed by atoms with E-state index in [4.69, 9.17) is 23.7 Å². The quantitative estimate of drug-likeness (QED) is 0.198. The molecule has 0 aromatic carbocycles. The van der Waals surface area contributed by atoms with E-state index in [1.807, 2.05) is 0 Å². The molecule has 0 bridgehead atoms. The van der Waals surface area contributed by atoms with Crippen molar-refractivity contribution in [2.24, 2.45) is 16.5 Å². The predicted molar refractivity (Wildman–Crippen MR) is 54.7 cm³/mol. The highest BCUT2D eigenvalue weighted by atomic mass is 32.2. The Morgan fingerprint density at radius 1 is 1.60 bits per heavy atom. The zero-order valence-electron chi connectivity index (χ0n) is 5.28. The number of thiocarbonyl (C=S) groups is 1. The summed E-state index contributed by atoms with van der Waals surface area (Å²) < 4.78 is 0.616. The molecule has 0 rings (SSSR count). The molecule has 0 aliphatic carbocycles. The molecule has 0 atom stereocenters. The lowest BCUT2D eigenvalue weighted by atomic mass is 10.8. The second-order valence-electron chi connectivity index (χ2n) is 1.42. The summed E-state index contributed by atoms with van der Waals surface area (Å²) in [5.41, 5.74) is 10.2. The summed E-state index contributed by atoms with van der Waals surface area (Å²) in [4.78, 5) is 3.75. The summed E-state index contributed by atoms with van der Waals surface area (Å²) in [6.07, 6.45) is 0. The van der Waals surface area contributed by atoms with E-state index >= 15 is 0 Å². The van der Waals surface area contributed by atoms with Crippen LogP contribution in [0.2, 0.25) is 0 Å². The largest absolute Gasteiger partial charge is 0.370 e. The SMILES string of the molecule is NC(N)=NCCSC(=S)S. The van der Waals surface area contributed by atoms with Crippen molar-refractivity contribution < 1.29 is 0 Å². The standard InChI is InChI=1S/C4H9N3S3/c5-3(6)7-1-2-10-4(8)9/h1-2H2,(H,8,9)(H4,5,6,7). The van der Waals surface area contributed by atoms with E-state index < -0.39 is 0 Å². The number of aliphatic imine (C=N–C) groups is 1. The van der Waals surface area contributed by atoms with Gasteiger partial charge in [-0.3, -0.25) is 4.99 Å². The van der Waals surface area contributed by atoms with E-state index in [0.29, 0.717) is 10.1 Å². The van der Waals surface area contributed by atoms with E-state index in [2.05, 4.69) is 17.6 Å². The number of thiol groups is 1. The van der Waals surface area contributed by atoms with Gasteiger partial charge >= 0.3 is 0 Å². The van der Waals surface area contributed by atoms with Crippen molar-refractivity contribution >= 4 is 46.1 Å². The summed E-state index contributed by atoms with van der Waals surface area (Å²) in [7, 11) is 0. The van der Waals surface area contributed by atoms with Gasteiger partial charge in [0.15, 0.2) is 5.96 Å². The molecule has 0 aromatic rings. The van der Waals surface area contributed by atoms with E-state index in [1.54, 1.807) is 0 Å². The van der Waals surface area contributed by atoms with Crippen molar-refractivity contribution in [1.82, 2.24) is 0 Å². The number of thioether (sulfide) groups is 1. The Bertz CT molecular complexity index is 141. The normalized spacial score (nSPS) is 8.90. The van der Waals surface area contributed by atoms with E-state index in [1.165, 1.54) is 11.8 Å². The molecule has 0 saturated heterocycles. The Morgan fingerprint density at radius 3 is 2.60 bits per heavy atom. The minimum absolute atomic E-state index is 0.116. The summed E-state index contributed by atoms with van der Waals surface area (Å²) in [5.74, 6) is 0.894. The summed E-state index contributed by atoms with van der Waals surface area (Å²) in [6, 6.07) is 0. The van der Waals surface area contributed by atoms with Crippen molar-refractivity contribution in [2.75, 3.05) is 12.3 Å². The zero-order chi connectivity index (χ0) is 7.98. The van der Waals surface area contributed by atoms with Crippen molar-refractivity contribution in [2.45, 2.75) is 0 Å². The molecule has 0 saturated carbocycles. The molecule has 3 nitrogen and oxygen atoms in total. The van der Waals surface area contributed by atoms with Crippen LogP contribution in [0.4, 0.5) is 0 Å². The van der Waals surface area contributed by atoms with Gasteiger partial charge in [-0.2, -0.15) is 0 Å². The van der Waals surface area contributed by atoms with Gasteiger partial charge in [-0.05, 0) is 0 Å². The molecule has 4 N–H and O–H groups in total. The third-order valence-corrected chi connectivity index (χ3v) is 1.99. The van der Waals surface area contributed by atoms with Crippen LogP contribution in [-0.2, 0) is 0 Å². The topological polar surface area (TPSA) is 64.4 Å². The summed E-state index contributed by atoms with van der Waals surface area (Å²) in [5, 5.41) is 0. The molecule has 0 fully saturated rings. The predicted octanol–water partition coefficient (Wildman–Crippen LogP) is 0.208. The second kappa shape index (κ2) is 5.82. The number of nitrogens with two attached hydrogens (primary N) is 2. The first-order valence-electron chi connectivity index (χ1n) is 2.54. The lowest BCUT2D eigenvalue weighted by Gasteiger charge is -1.93. The molecular formula is C4H9N3S3. The van der Waals surface area contributed by atoms with Crippen LogP contribution in [0.3, 0.4) is 0 Å². The van der Waals surface area contributed by atoms with Crippen molar-refractivity contribution in [1.29, 1.82) is 0 Å². The Labute approximate surface area is 75.0 Å². The van der Waals surface area contributed by atoms with Gasteiger partial charge < -0.3 is 11.5 Å². The number of hydrogen-bond donors (Lipinski definition) is 3. The fraction of sp³-hybridized carbons (Fsp3) is 0.500. The van der Waals surface area contributed by atoms with Gasteiger partial charge in [0.1, 0.15) is 3.53 Å². The Balaban J connectivity index is 3.21. The van der Waals surface area contributed by atoms with Gasteiger partial charge in [0.25, 0.3) is 0 Å². The minimum Gasteiger partial charge on any atom is -0.370 e. The average Bonchev–Trinajstić information content (AvgIpc) is 1.79. The molecule has 0 aromatic heterocycles. The Morgan fingerprint density at radius 2 is 2.20 bits per heavy atom. The number of guanidine groups is 1. The van der Waals surface area contributed by atoms with Crippen LogP contribution in [0.25, 0.3) is 0 Å². The van der Waals surface area contributed by atoms with E-state index in [9.17, 15) is 0 Å². The average molecular weight is 195 g/mol. The van der Waals surface area contributed by atoms with E-state index in [-0.39, 0.29) is 5.96 Å². The second-order valence-corrected chi connectivity index (χ2v) is 4.25. The fourth-order valence-corrected chi connectivity index (χ4v) is 1.19. The van der Waals surface area contributed by atoms with Crippen LogP contribution < -0.4 is 11.5 Å². The molecule has 0 aliphatic rings. The molecule has 0 aliphatic heterocycles. The zero-order valence-corrected chi connectivity index (χ0v) is 7.81. The first-order chi connectivity index (χ1) is 4.63. The lowest BCUT2D eigenvalue weighted by molar-refractivity contribution is 1.13. The first kappa shape index (κ1) is 10.1. The Kier molecular flexibility index (Phi) is 5.85. The smallest absolute Gasteiger partial charge is 0.185 e. The van der Waals surface area contributed by atoms with Crippen molar-refractivity contribution in [3.05, 3.63) is 0 Å². The van der Waals surface area contributed by atoms with Crippen molar-refractivity contribution in [3.63, 3.8) is 0 Å². The molecular weight excluding hydrogens is 186 g/mol. The third-order valence-electron chi connectivity index (χ3n) is 0.611. The lowest BCUT2D eigenvalue weighted by Crippen LogP contribution is -2.23. The van der Waals surface area contributed by atoms with Crippen LogP contribution in [0.5, 0.6) is 0 Å². The molecule has 0 radical (unpaired) electrons. The minimum atomic E-state index is 0.116. The fourth-order valence-electron chi connectivity index (χ4n) is 0.308. The van der Waals surface area contributed by atoms with Gasteiger partial charge in [0, 0.05) is 5.75 Å². The molecule has 0 heterocycles. The van der Waals surface area contributed by atoms with Crippen LogP contribution in [0.15, 0.2) is 4.99 Å². The first-order valence-corrected chi connectivity index (χ1v) is 4.38. The summed E-state index contributed by atoms with van der Waals surface area (Å²) in [6.45, 7) is 0.591. The highest BCUT2D eigenvalue weighted by Crippen LogP contribution is 2.06. The van der Waals surface area contributed by atoms with Gasteiger partial charge in [-0.1, -0.05) is 12.2 Å². The van der Waals surface area contributed by atoms with Gasteiger partial charge in [0.05, 0.1) is 6.54 Å². The van der Waals surface area contributed by atoms with E-state index in [0.717, 1.165) is 5.75 Å². The molecule has 0 spiro atoms. The third kappa shape index (κ3) is 8.06. The van der Waals surface area contributed by atoms with Gasteiger partial charge in [-0.15, -0.1) is 24.4 Å². The number of rotatable bonds is 3. The van der Waals surface area contributed by atoms with Crippen LogP contribution in [0, 0.1) is 0 Å². The molecule has 0 unspecified atom stereocenters. The summed E-state index contributed by atoms with van der Waals surface area (Å²) >= 11 is 10.0. The number of hydrogen-bond acceptors (Lipinski definition) is 3. The maximum absolute atomic E-state index is 5.08. The maximum Gasteiger partial charge on any atom is 0.185 e. The van der Waals surface area contributed by atoms with Crippen LogP contribution in [-0.4, -0.2) is 21.8 Å². The maximum atomic E-state index is 5.08. The molecule has 10 heavy (non-hydrogen) atoms. The number of nitrogens with zero attached hydrogens (tertiary/aromatic N) is 1. The molecule has 0 amide bonds.